The molecule has 0 bridgehead atoms. The van der Waals surface area contributed by atoms with Crippen molar-refractivity contribution in [1.29, 1.82) is 0 Å². The van der Waals surface area contributed by atoms with Crippen molar-refractivity contribution in [1.82, 2.24) is 0 Å². The Labute approximate surface area is 124 Å². The molecule has 2 unspecified atom stereocenters. The molecule has 21 heavy (non-hydrogen) atoms. The molecule has 0 aromatic heterocycles. The second kappa shape index (κ2) is 5.86. The Morgan fingerprint density at radius 3 is 2.81 bits per heavy atom. The zero-order valence-electron chi connectivity index (χ0n) is 12.2. The fraction of sp³-hybridized carbons (Fsp3) is 0.333. The Bertz CT molecular complexity index is 641. The maximum Gasteiger partial charge on any atom is 0.165 e. The number of ether oxygens (including phenoxy) is 1. The number of benzene rings is 2. The minimum atomic E-state index is -0.306. The fourth-order valence-electron chi connectivity index (χ4n) is 3.23. The van der Waals surface area contributed by atoms with Crippen molar-refractivity contribution in [2.45, 2.75) is 25.3 Å². The number of hydrogen-bond acceptors (Lipinski definition) is 2. The molecule has 2 aromatic rings. The van der Waals surface area contributed by atoms with Gasteiger partial charge in [-0.25, -0.2) is 4.39 Å². The van der Waals surface area contributed by atoms with Crippen LogP contribution in [0.5, 0.6) is 5.75 Å². The zero-order chi connectivity index (χ0) is 14.8. The van der Waals surface area contributed by atoms with E-state index in [0.717, 1.165) is 24.8 Å². The van der Waals surface area contributed by atoms with Crippen LogP contribution in [0.4, 0.5) is 4.39 Å². The molecule has 0 heterocycles. The molecule has 0 aliphatic heterocycles. The number of methoxy groups -OCH3 is 1. The van der Waals surface area contributed by atoms with Crippen molar-refractivity contribution in [3.63, 3.8) is 0 Å². The molecule has 0 amide bonds. The predicted octanol–water partition coefficient (Wildman–Crippen LogP) is 3.64. The van der Waals surface area contributed by atoms with Crippen LogP contribution in [0, 0.1) is 11.7 Å². The second-order valence-electron chi connectivity index (χ2n) is 5.70. The maximum atomic E-state index is 13.8. The normalized spacial score (nSPS) is 20.9. The Morgan fingerprint density at radius 2 is 2.05 bits per heavy atom. The van der Waals surface area contributed by atoms with Crippen LogP contribution in [0.15, 0.2) is 42.5 Å². The van der Waals surface area contributed by atoms with Crippen molar-refractivity contribution < 1.29 is 9.13 Å². The Kier molecular flexibility index (Phi) is 3.93. The number of fused-ring (bicyclic) bond motifs is 1. The van der Waals surface area contributed by atoms with E-state index in [9.17, 15) is 4.39 Å². The molecule has 1 aliphatic carbocycles. The van der Waals surface area contributed by atoms with E-state index < -0.39 is 0 Å². The average Bonchev–Trinajstić information content (AvgIpc) is 2.51. The molecule has 3 heteroatoms. The monoisotopic (exact) mass is 285 g/mol. The van der Waals surface area contributed by atoms with Gasteiger partial charge in [0.05, 0.1) is 7.11 Å². The highest BCUT2D eigenvalue weighted by Crippen LogP contribution is 2.35. The van der Waals surface area contributed by atoms with E-state index in [0.29, 0.717) is 5.92 Å². The molecule has 0 saturated carbocycles. The third-order valence-corrected chi connectivity index (χ3v) is 4.42. The number of aryl methyl sites for hydroxylation is 1. The zero-order valence-corrected chi connectivity index (χ0v) is 12.2. The van der Waals surface area contributed by atoms with Gasteiger partial charge in [0, 0.05) is 6.04 Å². The molecule has 2 aromatic carbocycles. The first-order valence-electron chi connectivity index (χ1n) is 7.35. The summed E-state index contributed by atoms with van der Waals surface area (Å²) in [6.07, 6.45) is 2.90. The summed E-state index contributed by atoms with van der Waals surface area (Å²) in [4.78, 5) is 0. The SMILES string of the molecule is COc1ccc(CC2CCc3ccccc3C2N)cc1F. The maximum absolute atomic E-state index is 13.8. The summed E-state index contributed by atoms with van der Waals surface area (Å²) >= 11 is 0. The molecule has 2 nitrogen and oxygen atoms in total. The highest BCUT2D eigenvalue weighted by atomic mass is 19.1. The van der Waals surface area contributed by atoms with Gasteiger partial charge in [-0.15, -0.1) is 0 Å². The molecule has 0 radical (unpaired) electrons. The molecule has 0 saturated heterocycles. The molecular formula is C18H20FNO. The number of nitrogens with two attached hydrogens (primary N) is 1. The molecule has 3 rings (SSSR count). The lowest BCUT2D eigenvalue weighted by atomic mass is 9.77. The van der Waals surface area contributed by atoms with Crippen LogP contribution in [-0.2, 0) is 12.8 Å². The average molecular weight is 285 g/mol. The van der Waals surface area contributed by atoms with Gasteiger partial charge in [-0.3, -0.25) is 0 Å². The first kappa shape index (κ1) is 14.1. The van der Waals surface area contributed by atoms with Gasteiger partial charge in [-0.1, -0.05) is 30.3 Å². The van der Waals surface area contributed by atoms with Crippen LogP contribution < -0.4 is 10.5 Å². The molecule has 1 aliphatic rings. The lowest BCUT2D eigenvalue weighted by Gasteiger charge is -2.31. The molecule has 2 atom stereocenters. The Balaban J connectivity index is 1.79. The number of rotatable bonds is 3. The van der Waals surface area contributed by atoms with Gasteiger partial charge in [0.25, 0.3) is 0 Å². The van der Waals surface area contributed by atoms with E-state index in [2.05, 4.69) is 18.2 Å². The van der Waals surface area contributed by atoms with Gasteiger partial charge in [-0.05, 0) is 54.0 Å². The topological polar surface area (TPSA) is 35.2 Å². The summed E-state index contributed by atoms with van der Waals surface area (Å²) in [6.45, 7) is 0. The van der Waals surface area contributed by atoms with Gasteiger partial charge >= 0.3 is 0 Å². The molecule has 0 fully saturated rings. The third kappa shape index (κ3) is 2.79. The van der Waals surface area contributed by atoms with Gasteiger partial charge in [0.15, 0.2) is 11.6 Å². The van der Waals surface area contributed by atoms with Crippen LogP contribution in [0.1, 0.15) is 29.2 Å². The lowest BCUT2D eigenvalue weighted by molar-refractivity contribution is 0.372. The largest absolute Gasteiger partial charge is 0.494 e. The summed E-state index contributed by atoms with van der Waals surface area (Å²) in [5.74, 6) is 0.338. The molecule has 0 spiro atoms. The molecule has 2 N–H and O–H groups in total. The van der Waals surface area contributed by atoms with Crippen molar-refractivity contribution >= 4 is 0 Å². The van der Waals surface area contributed by atoms with Gasteiger partial charge in [0.2, 0.25) is 0 Å². The quantitative estimate of drug-likeness (QED) is 0.934. The van der Waals surface area contributed by atoms with Gasteiger partial charge in [-0.2, -0.15) is 0 Å². The van der Waals surface area contributed by atoms with Crippen molar-refractivity contribution in [2.24, 2.45) is 11.7 Å². The van der Waals surface area contributed by atoms with Crippen LogP contribution in [-0.4, -0.2) is 7.11 Å². The van der Waals surface area contributed by atoms with Gasteiger partial charge < -0.3 is 10.5 Å². The minimum absolute atomic E-state index is 0.0279. The number of hydrogen-bond donors (Lipinski definition) is 1. The summed E-state index contributed by atoms with van der Waals surface area (Å²) < 4.78 is 18.7. The van der Waals surface area contributed by atoms with Crippen LogP contribution in [0.25, 0.3) is 0 Å². The van der Waals surface area contributed by atoms with E-state index in [4.69, 9.17) is 10.5 Å². The fourth-order valence-corrected chi connectivity index (χ4v) is 3.23. The van der Waals surface area contributed by atoms with E-state index in [-0.39, 0.29) is 17.6 Å². The molecular weight excluding hydrogens is 265 g/mol. The highest BCUT2D eigenvalue weighted by molar-refractivity contribution is 5.34. The van der Waals surface area contributed by atoms with Gasteiger partial charge in [0.1, 0.15) is 0 Å². The van der Waals surface area contributed by atoms with Crippen molar-refractivity contribution in [3.05, 3.63) is 65.0 Å². The Hall–Kier alpha value is -1.87. The summed E-state index contributed by atoms with van der Waals surface area (Å²) in [5.41, 5.74) is 9.98. The standard InChI is InChI=1S/C18H20FNO/c1-21-17-9-6-12(11-16(17)19)10-14-8-7-13-4-2-3-5-15(13)18(14)20/h2-6,9,11,14,18H,7-8,10,20H2,1H3. The summed E-state index contributed by atoms with van der Waals surface area (Å²) in [7, 11) is 1.48. The van der Waals surface area contributed by atoms with E-state index >= 15 is 0 Å². The van der Waals surface area contributed by atoms with Crippen molar-refractivity contribution in [2.75, 3.05) is 7.11 Å². The predicted molar refractivity (Wildman–Crippen MR) is 81.8 cm³/mol. The van der Waals surface area contributed by atoms with Crippen LogP contribution in [0.3, 0.4) is 0 Å². The Morgan fingerprint density at radius 1 is 1.24 bits per heavy atom. The van der Waals surface area contributed by atoms with Crippen LogP contribution >= 0.6 is 0 Å². The highest BCUT2D eigenvalue weighted by Gasteiger charge is 2.26. The summed E-state index contributed by atoms with van der Waals surface area (Å²) in [6, 6.07) is 13.6. The van der Waals surface area contributed by atoms with Crippen molar-refractivity contribution in [3.8, 4) is 5.75 Å². The molecule has 110 valence electrons. The van der Waals surface area contributed by atoms with E-state index in [1.165, 1.54) is 18.2 Å². The van der Waals surface area contributed by atoms with E-state index in [1.807, 2.05) is 12.1 Å². The lowest BCUT2D eigenvalue weighted by Crippen LogP contribution is -2.28. The third-order valence-electron chi connectivity index (χ3n) is 4.42. The smallest absolute Gasteiger partial charge is 0.165 e. The minimum Gasteiger partial charge on any atom is -0.494 e. The summed E-state index contributed by atoms with van der Waals surface area (Å²) in [5, 5.41) is 0. The second-order valence-corrected chi connectivity index (χ2v) is 5.70. The van der Waals surface area contributed by atoms with E-state index in [1.54, 1.807) is 12.1 Å². The van der Waals surface area contributed by atoms with Crippen LogP contribution in [0.2, 0.25) is 0 Å². The number of halogens is 1. The first-order chi connectivity index (χ1) is 10.2. The first-order valence-corrected chi connectivity index (χ1v) is 7.35.